The minimum absolute atomic E-state index is 0.0191. The van der Waals surface area contributed by atoms with Gasteiger partial charge in [0.1, 0.15) is 11.8 Å². The molecule has 0 aliphatic carbocycles. The number of aromatic nitrogens is 2. The summed E-state index contributed by atoms with van der Waals surface area (Å²) in [6.45, 7) is 1.95. The highest BCUT2D eigenvalue weighted by molar-refractivity contribution is 5.27. The van der Waals surface area contributed by atoms with Crippen molar-refractivity contribution in [2.45, 2.75) is 38.1 Å². The molecule has 0 aromatic carbocycles. The van der Waals surface area contributed by atoms with Crippen molar-refractivity contribution >= 4 is 0 Å². The van der Waals surface area contributed by atoms with Gasteiger partial charge in [0.15, 0.2) is 0 Å². The summed E-state index contributed by atoms with van der Waals surface area (Å²) in [6, 6.07) is 7.55. The van der Waals surface area contributed by atoms with Gasteiger partial charge in [-0.05, 0) is 37.1 Å². The maximum Gasteiger partial charge on any atom is 0.401 e. The predicted octanol–water partition coefficient (Wildman–Crippen LogP) is 2.66. The summed E-state index contributed by atoms with van der Waals surface area (Å²) in [6.07, 6.45) is -1.42. The van der Waals surface area contributed by atoms with Gasteiger partial charge in [-0.2, -0.15) is 18.4 Å². The number of alkyl halides is 3. The fourth-order valence-electron chi connectivity index (χ4n) is 4.85. The van der Waals surface area contributed by atoms with Gasteiger partial charge in [-0.25, -0.2) is 0 Å². The van der Waals surface area contributed by atoms with Crippen LogP contribution in [0.2, 0.25) is 0 Å². The Morgan fingerprint density at radius 1 is 1.30 bits per heavy atom. The van der Waals surface area contributed by atoms with E-state index in [0.29, 0.717) is 23.7 Å². The van der Waals surface area contributed by atoms with E-state index in [1.807, 2.05) is 18.3 Å². The molecule has 1 saturated heterocycles. The molecule has 160 valence electrons. The molecule has 2 aromatic rings. The quantitative estimate of drug-likeness (QED) is 0.809. The molecule has 0 unspecified atom stereocenters. The van der Waals surface area contributed by atoms with Crippen molar-refractivity contribution in [2.24, 2.45) is 5.92 Å². The van der Waals surface area contributed by atoms with E-state index < -0.39 is 12.7 Å². The number of pyridine rings is 1. The first-order valence-electron chi connectivity index (χ1n) is 9.99. The number of nitrogens with one attached hydrogen (secondary N) is 1. The zero-order valence-corrected chi connectivity index (χ0v) is 16.7. The number of piperidine rings is 1. The normalized spacial score (nSPS) is 21.5. The lowest BCUT2D eigenvalue weighted by molar-refractivity contribution is -0.144. The van der Waals surface area contributed by atoms with Crippen LogP contribution in [0, 0.1) is 17.2 Å². The summed E-state index contributed by atoms with van der Waals surface area (Å²) >= 11 is 0. The van der Waals surface area contributed by atoms with E-state index in [4.69, 9.17) is 5.26 Å². The maximum atomic E-state index is 13.0. The molecular formula is C21H24F3N5O. The number of H-pyrrole nitrogens is 1. The van der Waals surface area contributed by atoms with Gasteiger partial charge >= 0.3 is 6.18 Å². The second-order valence-electron chi connectivity index (χ2n) is 8.51. The average molecular weight is 419 g/mol. The topological polar surface area (TPSA) is 68.1 Å². The monoisotopic (exact) mass is 419 g/mol. The van der Waals surface area contributed by atoms with Crippen molar-refractivity contribution in [1.82, 2.24) is 19.4 Å². The Morgan fingerprint density at radius 3 is 2.80 bits per heavy atom. The minimum Gasteiger partial charge on any atom is -0.353 e. The van der Waals surface area contributed by atoms with Gasteiger partial charge in [0.25, 0.3) is 5.56 Å². The van der Waals surface area contributed by atoms with Gasteiger partial charge in [0, 0.05) is 56.1 Å². The zero-order valence-electron chi connectivity index (χ0n) is 16.7. The third kappa shape index (κ3) is 4.45. The lowest BCUT2D eigenvalue weighted by Crippen LogP contribution is -2.47. The third-order valence-electron chi connectivity index (χ3n) is 5.92. The molecule has 0 amide bonds. The Bertz CT molecular complexity index is 1020. The minimum atomic E-state index is -4.28. The molecule has 0 saturated carbocycles. The van der Waals surface area contributed by atoms with Crippen LogP contribution in [-0.4, -0.2) is 52.2 Å². The lowest BCUT2D eigenvalue weighted by Gasteiger charge is -2.43. The molecule has 2 bridgehead atoms. The third-order valence-corrected chi connectivity index (χ3v) is 5.92. The fourth-order valence-corrected chi connectivity index (χ4v) is 4.85. The van der Waals surface area contributed by atoms with E-state index in [9.17, 15) is 18.0 Å². The molecule has 2 atom stereocenters. The average Bonchev–Trinajstić information content (AvgIpc) is 3.10. The highest BCUT2D eigenvalue weighted by Gasteiger charge is 2.35. The second kappa shape index (κ2) is 7.93. The van der Waals surface area contributed by atoms with E-state index in [0.717, 1.165) is 42.2 Å². The van der Waals surface area contributed by atoms with Gasteiger partial charge in [0.2, 0.25) is 0 Å². The number of hydrogen-bond donors (Lipinski definition) is 1. The molecule has 1 fully saturated rings. The Morgan fingerprint density at radius 2 is 2.10 bits per heavy atom. The zero-order chi connectivity index (χ0) is 21.5. The molecular weight excluding hydrogens is 395 g/mol. The Hall–Kier alpha value is -2.57. The second-order valence-corrected chi connectivity index (χ2v) is 8.51. The van der Waals surface area contributed by atoms with Crippen molar-refractivity contribution in [2.75, 3.05) is 26.7 Å². The number of rotatable bonds is 5. The van der Waals surface area contributed by atoms with Crippen LogP contribution in [0.3, 0.4) is 0 Å². The molecule has 0 spiro atoms. The first-order chi connectivity index (χ1) is 14.2. The van der Waals surface area contributed by atoms with Crippen LogP contribution in [0.5, 0.6) is 0 Å². The first kappa shape index (κ1) is 20.7. The Labute approximate surface area is 172 Å². The number of fused-ring (bicyclic) bond motifs is 4. The van der Waals surface area contributed by atoms with E-state index in [1.165, 1.54) is 7.05 Å². The standard InChI is InChI=1S/C21H24F3N5O/c1-27(13-21(22,23)24)11-16-2-3-19-17-4-15(10-29(19)20(16)30)9-28(12-17)8-14-5-18(6-25)26-7-14/h2-3,5,7,15,17,26H,4,8-13H2,1H3/t15-,17+/m0/s1. The molecule has 4 rings (SSSR count). The number of halogens is 3. The summed E-state index contributed by atoms with van der Waals surface area (Å²) in [7, 11) is 1.38. The molecule has 9 heteroatoms. The molecule has 4 heterocycles. The highest BCUT2D eigenvalue weighted by Crippen LogP contribution is 2.35. The molecule has 2 aromatic heterocycles. The van der Waals surface area contributed by atoms with Crippen molar-refractivity contribution in [3.63, 3.8) is 0 Å². The molecule has 2 aliphatic rings. The van der Waals surface area contributed by atoms with Gasteiger partial charge in [-0.15, -0.1) is 0 Å². The fraction of sp³-hybridized carbons (Fsp3) is 0.524. The number of hydrogen-bond acceptors (Lipinski definition) is 4. The van der Waals surface area contributed by atoms with Crippen LogP contribution in [0.25, 0.3) is 0 Å². The SMILES string of the molecule is CN(Cc1ccc2n(c1=O)C[C@H]1C[C@@H]2CN(Cc2c[nH]c(C#N)c2)C1)CC(F)(F)F. The van der Waals surface area contributed by atoms with Gasteiger partial charge in [-0.1, -0.05) is 6.07 Å². The summed E-state index contributed by atoms with van der Waals surface area (Å²) < 4.78 is 39.6. The predicted molar refractivity (Wildman–Crippen MR) is 105 cm³/mol. The Balaban J connectivity index is 1.49. The van der Waals surface area contributed by atoms with E-state index in [-0.39, 0.29) is 18.0 Å². The van der Waals surface area contributed by atoms with Crippen LogP contribution in [0.1, 0.15) is 34.9 Å². The molecule has 2 aliphatic heterocycles. The molecule has 1 N–H and O–H groups in total. The molecule has 6 nitrogen and oxygen atoms in total. The van der Waals surface area contributed by atoms with E-state index >= 15 is 0 Å². The van der Waals surface area contributed by atoms with Crippen molar-refractivity contribution in [1.29, 1.82) is 5.26 Å². The highest BCUT2D eigenvalue weighted by atomic mass is 19.4. The first-order valence-corrected chi connectivity index (χ1v) is 9.99. The molecule has 0 radical (unpaired) electrons. The number of aromatic amines is 1. The lowest BCUT2D eigenvalue weighted by atomic mass is 9.83. The van der Waals surface area contributed by atoms with Crippen LogP contribution in [0.15, 0.2) is 29.2 Å². The summed E-state index contributed by atoms with van der Waals surface area (Å²) in [5.41, 5.74) is 2.80. The van der Waals surface area contributed by atoms with Crippen LogP contribution in [0.4, 0.5) is 13.2 Å². The van der Waals surface area contributed by atoms with E-state index in [1.54, 1.807) is 10.6 Å². The number of nitriles is 1. The summed E-state index contributed by atoms with van der Waals surface area (Å²) in [4.78, 5) is 19.4. The maximum absolute atomic E-state index is 13.0. The van der Waals surface area contributed by atoms with Crippen LogP contribution in [-0.2, 0) is 19.6 Å². The summed E-state index contributed by atoms with van der Waals surface area (Å²) in [5.74, 6) is 0.549. The van der Waals surface area contributed by atoms with Gasteiger partial charge in [-0.3, -0.25) is 14.6 Å². The van der Waals surface area contributed by atoms with E-state index in [2.05, 4.69) is 16.0 Å². The Kier molecular flexibility index (Phi) is 5.47. The number of nitrogens with zero attached hydrogens (tertiary/aromatic N) is 4. The smallest absolute Gasteiger partial charge is 0.353 e. The van der Waals surface area contributed by atoms with Gasteiger partial charge < -0.3 is 9.55 Å². The van der Waals surface area contributed by atoms with Crippen molar-refractivity contribution < 1.29 is 13.2 Å². The number of likely N-dealkylation sites (tertiary alicyclic amines) is 1. The summed E-state index contributed by atoms with van der Waals surface area (Å²) in [5, 5.41) is 8.97. The largest absolute Gasteiger partial charge is 0.401 e. The van der Waals surface area contributed by atoms with Crippen LogP contribution >= 0.6 is 0 Å². The van der Waals surface area contributed by atoms with Crippen molar-refractivity contribution in [3.05, 3.63) is 57.3 Å². The molecule has 30 heavy (non-hydrogen) atoms. The van der Waals surface area contributed by atoms with Gasteiger partial charge in [0.05, 0.1) is 6.54 Å². The van der Waals surface area contributed by atoms with Crippen molar-refractivity contribution in [3.8, 4) is 6.07 Å². The van der Waals surface area contributed by atoms with Crippen LogP contribution < -0.4 is 5.56 Å².